The van der Waals surface area contributed by atoms with E-state index >= 15 is 0 Å². The van der Waals surface area contributed by atoms with Gasteiger partial charge in [0.1, 0.15) is 23.4 Å². The maximum Gasteiger partial charge on any atom is 0.326 e. The number of urea groups is 1. The predicted octanol–water partition coefficient (Wildman–Crippen LogP) is 6.58. The van der Waals surface area contributed by atoms with Gasteiger partial charge >= 0.3 is 6.03 Å². The first kappa shape index (κ1) is 27.7. The van der Waals surface area contributed by atoms with Crippen molar-refractivity contribution in [3.05, 3.63) is 92.4 Å². The van der Waals surface area contributed by atoms with Crippen molar-refractivity contribution in [2.45, 2.75) is 32.0 Å². The van der Waals surface area contributed by atoms with Gasteiger partial charge in [-0.25, -0.2) is 4.79 Å². The molecule has 0 bridgehead atoms. The van der Waals surface area contributed by atoms with E-state index in [2.05, 4.69) is 61.4 Å². The SMILES string of the molecule is COc1ccc(C2=NC(c3ccc(Br)cc3)C(c3ccc(Br)cc3)N2C(=O)N2CCNCC2)c(OC(C)C)c1. The van der Waals surface area contributed by atoms with Crippen LogP contribution in [0.4, 0.5) is 4.79 Å². The van der Waals surface area contributed by atoms with E-state index in [1.165, 1.54) is 0 Å². The van der Waals surface area contributed by atoms with Crippen LogP contribution in [0.5, 0.6) is 11.5 Å². The van der Waals surface area contributed by atoms with Crippen molar-refractivity contribution in [3.63, 3.8) is 0 Å². The Kier molecular flexibility index (Phi) is 8.59. The van der Waals surface area contributed by atoms with Gasteiger partial charge < -0.3 is 19.7 Å². The maximum absolute atomic E-state index is 14.4. The second-order valence-electron chi connectivity index (χ2n) is 9.86. The van der Waals surface area contributed by atoms with Gasteiger partial charge in [-0.05, 0) is 61.4 Å². The third-order valence-corrected chi connectivity index (χ3v) is 7.93. The first-order valence-corrected chi connectivity index (χ1v) is 14.7. The van der Waals surface area contributed by atoms with Crippen LogP contribution < -0.4 is 14.8 Å². The van der Waals surface area contributed by atoms with Gasteiger partial charge in [-0.15, -0.1) is 0 Å². The van der Waals surface area contributed by atoms with Crippen molar-refractivity contribution >= 4 is 43.7 Å². The van der Waals surface area contributed by atoms with E-state index in [1.807, 2.05) is 66.1 Å². The summed E-state index contributed by atoms with van der Waals surface area (Å²) in [6.45, 7) is 6.76. The number of aliphatic imine (C=N–C) groups is 1. The maximum atomic E-state index is 14.4. The molecule has 204 valence electrons. The monoisotopic (exact) mass is 654 g/mol. The number of nitrogens with one attached hydrogen (secondary N) is 1. The normalized spacial score (nSPS) is 19.3. The molecule has 7 nitrogen and oxygen atoms in total. The quantitative estimate of drug-likeness (QED) is 0.326. The Bertz CT molecular complexity index is 1340. The Labute approximate surface area is 246 Å². The van der Waals surface area contributed by atoms with Gasteiger partial charge in [0.25, 0.3) is 0 Å². The number of benzene rings is 3. The lowest BCUT2D eigenvalue weighted by Gasteiger charge is -2.36. The number of rotatable bonds is 6. The van der Waals surface area contributed by atoms with E-state index in [9.17, 15) is 4.79 Å². The highest BCUT2D eigenvalue weighted by Gasteiger charge is 2.44. The third-order valence-electron chi connectivity index (χ3n) is 6.88. The zero-order valence-corrected chi connectivity index (χ0v) is 25.4. The topological polar surface area (TPSA) is 66.4 Å². The molecular weight excluding hydrogens is 624 g/mol. The highest BCUT2D eigenvalue weighted by Crippen LogP contribution is 2.45. The van der Waals surface area contributed by atoms with Gasteiger partial charge in [0.2, 0.25) is 0 Å². The predicted molar refractivity (Wildman–Crippen MR) is 161 cm³/mol. The van der Waals surface area contributed by atoms with Crippen molar-refractivity contribution in [2.75, 3.05) is 33.3 Å². The zero-order valence-electron chi connectivity index (χ0n) is 22.2. The van der Waals surface area contributed by atoms with E-state index in [-0.39, 0.29) is 24.2 Å². The molecular formula is C30H32Br2N4O3. The van der Waals surface area contributed by atoms with Gasteiger partial charge in [0.05, 0.1) is 24.8 Å². The molecule has 3 aromatic carbocycles. The van der Waals surface area contributed by atoms with Crippen LogP contribution in [0, 0.1) is 0 Å². The van der Waals surface area contributed by atoms with Gasteiger partial charge in [-0.1, -0.05) is 56.1 Å². The number of carbonyl (C=O) groups excluding carboxylic acids is 1. The summed E-state index contributed by atoms with van der Waals surface area (Å²) < 4.78 is 13.7. The summed E-state index contributed by atoms with van der Waals surface area (Å²) in [5.74, 6) is 1.91. The van der Waals surface area contributed by atoms with Crippen LogP contribution in [-0.2, 0) is 0 Å². The minimum Gasteiger partial charge on any atom is -0.497 e. The summed E-state index contributed by atoms with van der Waals surface area (Å²) in [5, 5.41) is 3.35. The molecule has 0 aliphatic carbocycles. The van der Waals surface area contributed by atoms with Crippen LogP contribution in [0.1, 0.15) is 42.6 Å². The Balaban J connectivity index is 1.70. The average molecular weight is 656 g/mol. The van der Waals surface area contributed by atoms with Crippen LogP contribution in [0.3, 0.4) is 0 Å². The number of hydrogen-bond acceptors (Lipinski definition) is 5. The standard InChI is InChI=1S/C30H32Br2N4O3/c1-19(2)39-26-18-24(38-3)12-13-25(26)29-34-27(20-4-8-22(31)9-5-20)28(21-6-10-23(32)11-7-21)36(29)30(37)35-16-14-33-15-17-35/h4-13,18-19,27-28,33H,14-17H2,1-3H3. The van der Waals surface area contributed by atoms with E-state index in [0.717, 1.165) is 38.7 Å². The molecule has 9 heteroatoms. The lowest BCUT2D eigenvalue weighted by molar-refractivity contribution is 0.157. The Hall–Kier alpha value is -2.88. The van der Waals surface area contributed by atoms with Crippen molar-refractivity contribution in [3.8, 4) is 11.5 Å². The molecule has 0 saturated carbocycles. The van der Waals surface area contributed by atoms with Gasteiger partial charge in [0, 0.05) is 41.2 Å². The number of methoxy groups -OCH3 is 1. The number of ether oxygens (including phenoxy) is 2. The van der Waals surface area contributed by atoms with Crippen LogP contribution in [0.25, 0.3) is 0 Å². The molecule has 0 radical (unpaired) electrons. The molecule has 2 atom stereocenters. The summed E-state index contributed by atoms with van der Waals surface area (Å²) in [7, 11) is 1.63. The van der Waals surface area contributed by atoms with Crippen molar-refractivity contribution in [2.24, 2.45) is 4.99 Å². The zero-order chi connectivity index (χ0) is 27.5. The molecule has 5 rings (SSSR count). The number of hydrogen-bond donors (Lipinski definition) is 1. The first-order valence-electron chi connectivity index (χ1n) is 13.1. The number of halogens is 2. The molecule has 0 spiro atoms. The summed E-state index contributed by atoms with van der Waals surface area (Å²) in [6, 6.07) is 21.3. The third kappa shape index (κ3) is 6.00. The second kappa shape index (κ2) is 12.1. The van der Waals surface area contributed by atoms with Crippen molar-refractivity contribution in [1.29, 1.82) is 0 Å². The smallest absolute Gasteiger partial charge is 0.326 e. The molecule has 1 fully saturated rings. The highest BCUT2D eigenvalue weighted by atomic mass is 79.9. The van der Waals surface area contributed by atoms with E-state index in [4.69, 9.17) is 14.5 Å². The van der Waals surface area contributed by atoms with Crippen LogP contribution in [0.15, 0.2) is 80.7 Å². The molecule has 39 heavy (non-hydrogen) atoms. The highest BCUT2D eigenvalue weighted by molar-refractivity contribution is 9.10. The summed E-state index contributed by atoms with van der Waals surface area (Å²) in [4.78, 5) is 23.5. The van der Waals surface area contributed by atoms with Crippen LogP contribution in [0.2, 0.25) is 0 Å². The molecule has 1 N–H and O–H groups in total. The minimum absolute atomic E-state index is 0.0610. The van der Waals surface area contributed by atoms with Crippen molar-refractivity contribution in [1.82, 2.24) is 15.1 Å². The number of nitrogens with zero attached hydrogens (tertiary/aromatic N) is 3. The molecule has 2 unspecified atom stereocenters. The first-order chi connectivity index (χ1) is 18.9. The van der Waals surface area contributed by atoms with E-state index in [1.54, 1.807) is 7.11 Å². The lowest BCUT2D eigenvalue weighted by Crippen LogP contribution is -2.53. The number of amidine groups is 1. The van der Waals surface area contributed by atoms with Gasteiger partial charge in [0.15, 0.2) is 0 Å². The fourth-order valence-electron chi connectivity index (χ4n) is 5.03. The minimum atomic E-state index is -0.342. The second-order valence-corrected chi connectivity index (χ2v) is 11.7. The average Bonchev–Trinajstić information content (AvgIpc) is 3.33. The summed E-state index contributed by atoms with van der Waals surface area (Å²) in [6.07, 6.45) is -0.0697. The van der Waals surface area contributed by atoms with E-state index < -0.39 is 0 Å². The van der Waals surface area contributed by atoms with Gasteiger partial charge in [-0.3, -0.25) is 9.89 Å². The molecule has 2 aliphatic rings. The molecule has 2 heterocycles. The molecule has 3 aromatic rings. The fourth-order valence-corrected chi connectivity index (χ4v) is 5.56. The fraction of sp³-hybridized carbons (Fsp3) is 0.333. The van der Waals surface area contributed by atoms with Crippen LogP contribution >= 0.6 is 31.9 Å². The molecule has 0 aromatic heterocycles. The summed E-state index contributed by atoms with van der Waals surface area (Å²) in [5.41, 5.74) is 2.79. The number of carbonyl (C=O) groups is 1. The molecule has 2 amide bonds. The van der Waals surface area contributed by atoms with Crippen LogP contribution in [-0.4, -0.2) is 61.1 Å². The molecule has 1 saturated heterocycles. The summed E-state index contributed by atoms with van der Waals surface area (Å²) >= 11 is 7.12. The van der Waals surface area contributed by atoms with E-state index in [0.29, 0.717) is 30.4 Å². The van der Waals surface area contributed by atoms with Crippen molar-refractivity contribution < 1.29 is 14.3 Å². The number of piperazine rings is 1. The van der Waals surface area contributed by atoms with Gasteiger partial charge in [-0.2, -0.15) is 0 Å². The Morgan fingerprint density at radius 1 is 0.949 bits per heavy atom. The lowest BCUT2D eigenvalue weighted by atomic mass is 9.94. The molecule has 2 aliphatic heterocycles. The Morgan fingerprint density at radius 3 is 2.15 bits per heavy atom. The number of amides is 2. The largest absolute Gasteiger partial charge is 0.497 e. The Morgan fingerprint density at radius 2 is 1.56 bits per heavy atom.